The summed E-state index contributed by atoms with van der Waals surface area (Å²) in [5.74, 6) is -1.77. The van der Waals surface area contributed by atoms with Gasteiger partial charge in [-0.25, -0.2) is 0 Å². The van der Waals surface area contributed by atoms with Gasteiger partial charge in [0.25, 0.3) is 5.91 Å². The number of carbonyl (C=O) groups excluding carboxylic acids is 2. The maximum atomic E-state index is 13.0. The van der Waals surface area contributed by atoms with Crippen molar-refractivity contribution in [3.63, 3.8) is 0 Å². The molecule has 182 valence electrons. The largest absolute Gasteiger partial charge is 0.495 e. The lowest BCUT2D eigenvalue weighted by atomic mass is 10.1. The van der Waals surface area contributed by atoms with E-state index in [1.165, 1.54) is 19.2 Å². The molecule has 0 saturated heterocycles. The van der Waals surface area contributed by atoms with Crippen molar-refractivity contribution in [2.75, 3.05) is 17.7 Å². The average Bonchev–Trinajstić information content (AvgIpc) is 3.37. The molecule has 0 spiro atoms. The molecule has 0 radical (unpaired) electrons. The van der Waals surface area contributed by atoms with E-state index in [1.807, 2.05) is 0 Å². The van der Waals surface area contributed by atoms with E-state index in [0.717, 1.165) is 0 Å². The quantitative estimate of drug-likeness (QED) is 0.284. The van der Waals surface area contributed by atoms with E-state index in [2.05, 4.69) is 10.6 Å². The van der Waals surface area contributed by atoms with Crippen molar-refractivity contribution in [2.24, 2.45) is 5.92 Å². The molecule has 0 bridgehead atoms. The third-order valence-corrected chi connectivity index (χ3v) is 7.49. The summed E-state index contributed by atoms with van der Waals surface area (Å²) >= 11 is 37.3. The van der Waals surface area contributed by atoms with Crippen LogP contribution in [0.3, 0.4) is 0 Å². The lowest BCUT2D eigenvalue weighted by molar-refractivity contribution is -0.117. The van der Waals surface area contributed by atoms with Gasteiger partial charge in [-0.2, -0.15) is 0 Å². The predicted molar refractivity (Wildman–Crippen MR) is 143 cm³/mol. The van der Waals surface area contributed by atoms with Gasteiger partial charge in [0.2, 0.25) is 5.91 Å². The summed E-state index contributed by atoms with van der Waals surface area (Å²) in [5, 5.41) is 6.90. The zero-order valence-electron chi connectivity index (χ0n) is 17.8. The highest BCUT2D eigenvalue weighted by Gasteiger charge is 2.67. The summed E-state index contributed by atoms with van der Waals surface area (Å²) in [6.07, 6.45) is 0. The highest BCUT2D eigenvalue weighted by atomic mass is 35.5. The van der Waals surface area contributed by atoms with Crippen LogP contribution in [-0.4, -0.2) is 23.3 Å². The van der Waals surface area contributed by atoms with Crippen molar-refractivity contribution < 1.29 is 14.3 Å². The molecular weight excluding hydrogens is 577 g/mol. The molecule has 2 N–H and O–H groups in total. The average molecular weight is 593 g/mol. The maximum absolute atomic E-state index is 13.0. The van der Waals surface area contributed by atoms with Crippen LogP contribution in [-0.2, 0) is 4.79 Å². The summed E-state index contributed by atoms with van der Waals surface area (Å²) in [6, 6.07) is 14.2. The second kappa shape index (κ2) is 10.3. The van der Waals surface area contributed by atoms with Gasteiger partial charge in [0.15, 0.2) is 0 Å². The number of hydrogen-bond donors (Lipinski definition) is 2. The molecule has 1 saturated carbocycles. The summed E-state index contributed by atoms with van der Waals surface area (Å²) in [7, 11) is 1.47. The number of alkyl halides is 2. The van der Waals surface area contributed by atoms with Gasteiger partial charge in [-0.05, 0) is 54.1 Å². The molecule has 5 nitrogen and oxygen atoms in total. The van der Waals surface area contributed by atoms with Crippen molar-refractivity contribution >= 4 is 92.8 Å². The van der Waals surface area contributed by atoms with Gasteiger partial charge in [-0.15, -0.1) is 23.2 Å². The Morgan fingerprint density at radius 2 is 1.43 bits per heavy atom. The Kier molecular flexibility index (Phi) is 7.68. The normalized spacial score (nSPS) is 18.0. The molecule has 2 atom stereocenters. The molecule has 0 aromatic heterocycles. The highest BCUT2D eigenvalue weighted by Crippen LogP contribution is 2.65. The van der Waals surface area contributed by atoms with E-state index in [0.29, 0.717) is 37.8 Å². The topological polar surface area (TPSA) is 67.4 Å². The number of ether oxygens (including phenoxy) is 1. The standard InChI is InChI=1S/C24H16Cl6N2O3/c1-35-19-10-15(3-5-18(19)28)31-22(33)16-9-14(2-4-17(16)27)32-23(34)21-20(24(21,29)30)11-6-12(25)8-13(26)7-11/h2-10,20-21H,1H3,(H,31,33)(H,32,34)/t20-,21+/m1/s1. The van der Waals surface area contributed by atoms with E-state index in [9.17, 15) is 9.59 Å². The van der Waals surface area contributed by atoms with Crippen LogP contribution in [0.4, 0.5) is 11.4 Å². The van der Waals surface area contributed by atoms with E-state index >= 15 is 0 Å². The molecule has 1 fully saturated rings. The number of hydrogen-bond acceptors (Lipinski definition) is 3. The Morgan fingerprint density at radius 1 is 0.829 bits per heavy atom. The van der Waals surface area contributed by atoms with E-state index < -0.39 is 28.0 Å². The van der Waals surface area contributed by atoms with Crippen molar-refractivity contribution in [2.45, 2.75) is 10.3 Å². The first-order valence-electron chi connectivity index (χ1n) is 10.1. The Balaban J connectivity index is 1.51. The Labute approximate surface area is 231 Å². The van der Waals surface area contributed by atoms with Gasteiger partial charge in [0, 0.05) is 33.4 Å². The third-order valence-electron chi connectivity index (χ3n) is 5.47. The van der Waals surface area contributed by atoms with Gasteiger partial charge in [-0.1, -0.05) is 46.4 Å². The Bertz CT molecular complexity index is 1310. The second-order valence-electron chi connectivity index (χ2n) is 7.82. The van der Waals surface area contributed by atoms with Crippen molar-refractivity contribution in [3.05, 3.63) is 85.8 Å². The SMILES string of the molecule is COc1cc(NC(=O)c2cc(NC(=O)[C@@H]3[C@@H](c4cc(Cl)cc(Cl)c4)C3(Cl)Cl)ccc2Cl)ccc1Cl. The molecule has 35 heavy (non-hydrogen) atoms. The second-order valence-corrected chi connectivity index (χ2v) is 11.0. The van der Waals surface area contributed by atoms with Crippen molar-refractivity contribution in [3.8, 4) is 5.75 Å². The summed E-state index contributed by atoms with van der Waals surface area (Å²) in [6.45, 7) is 0. The van der Waals surface area contributed by atoms with Crippen LogP contribution in [0.1, 0.15) is 21.8 Å². The minimum absolute atomic E-state index is 0.148. The van der Waals surface area contributed by atoms with Crippen LogP contribution in [0, 0.1) is 5.92 Å². The number of nitrogens with one attached hydrogen (secondary N) is 2. The van der Waals surface area contributed by atoms with Gasteiger partial charge in [0.1, 0.15) is 10.1 Å². The first-order valence-corrected chi connectivity index (χ1v) is 12.4. The van der Waals surface area contributed by atoms with E-state index in [-0.39, 0.29) is 10.6 Å². The molecule has 0 heterocycles. The van der Waals surface area contributed by atoms with Crippen LogP contribution in [0.2, 0.25) is 20.1 Å². The molecule has 4 rings (SSSR count). The molecule has 2 amide bonds. The fourth-order valence-corrected chi connectivity index (χ4v) is 5.52. The number of amides is 2. The number of carbonyl (C=O) groups is 2. The highest BCUT2D eigenvalue weighted by molar-refractivity contribution is 6.53. The minimum atomic E-state index is -1.33. The Morgan fingerprint density at radius 3 is 2.06 bits per heavy atom. The molecular formula is C24H16Cl6N2O3. The summed E-state index contributed by atoms with van der Waals surface area (Å²) in [4.78, 5) is 25.9. The smallest absolute Gasteiger partial charge is 0.257 e. The summed E-state index contributed by atoms with van der Waals surface area (Å²) < 4.78 is 3.83. The van der Waals surface area contributed by atoms with Crippen LogP contribution in [0.5, 0.6) is 5.75 Å². The van der Waals surface area contributed by atoms with Crippen molar-refractivity contribution in [1.29, 1.82) is 0 Å². The third kappa shape index (κ3) is 5.61. The first-order chi connectivity index (χ1) is 16.5. The van der Waals surface area contributed by atoms with Crippen molar-refractivity contribution in [1.82, 2.24) is 0 Å². The first kappa shape index (κ1) is 26.2. The van der Waals surface area contributed by atoms with Gasteiger partial charge in [0.05, 0.1) is 28.6 Å². The van der Waals surface area contributed by atoms with Crippen LogP contribution in [0.15, 0.2) is 54.6 Å². The predicted octanol–water partition coefficient (Wildman–Crippen LogP) is 8.09. The number of anilines is 2. The monoisotopic (exact) mass is 590 g/mol. The van der Waals surface area contributed by atoms with Crippen LogP contribution < -0.4 is 15.4 Å². The summed E-state index contributed by atoms with van der Waals surface area (Å²) in [5.41, 5.74) is 1.60. The molecule has 11 heteroatoms. The molecule has 1 aliphatic rings. The van der Waals surface area contributed by atoms with Gasteiger partial charge < -0.3 is 15.4 Å². The fourth-order valence-electron chi connectivity index (χ4n) is 3.76. The number of benzene rings is 3. The number of halogens is 6. The maximum Gasteiger partial charge on any atom is 0.257 e. The lowest BCUT2D eigenvalue weighted by Gasteiger charge is -2.11. The van der Waals surface area contributed by atoms with Crippen LogP contribution >= 0.6 is 69.6 Å². The molecule has 0 aliphatic heterocycles. The zero-order valence-corrected chi connectivity index (χ0v) is 22.4. The van der Waals surface area contributed by atoms with E-state index in [1.54, 1.807) is 42.5 Å². The number of methoxy groups -OCH3 is 1. The molecule has 0 unspecified atom stereocenters. The number of rotatable bonds is 6. The van der Waals surface area contributed by atoms with Gasteiger partial charge >= 0.3 is 0 Å². The van der Waals surface area contributed by atoms with Crippen LogP contribution in [0.25, 0.3) is 0 Å². The molecule has 3 aromatic rings. The molecule has 3 aromatic carbocycles. The minimum Gasteiger partial charge on any atom is -0.495 e. The zero-order chi connectivity index (χ0) is 25.5. The lowest BCUT2D eigenvalue weighted by Crippen LogP contribution is -2.18. The van der Waals surface area contributed by atoms with Gasteiger partial charge in [-0.3, -0.25) is 9.59 Å². The Hall–Kier alpha value is -1.86. The molecule has 1 aliphatic carbocycles. The fraction of sp³-hybridized carbons (Fsp3) is 0.167. The van der Waals surface area contributed by atoms with E-state index in [4.69, 9.17) is 74.3 Å².